The van der Waals surface area contributed by atoms with Gasteiger partial charge in [0, 0.05) is 49.1 Å². The smallest absolute Gasteiger partial charge is 0.133 e. The zero-order valence-electron chi connectivity index (χ0n) is 16.7. The summed E-state index contributed by atoms with van der Waals surface area (Å²) in [6.07, 6.45) is 0.800. The molecular weight excluding hydrogens is 338 g/mol. The Morgan fingerprint density at radius 2 is 1.85 bits per heavy atom. The van der Waals surface area contributed by atoms with Gasteiger partial charge in [-0.3, -0.25) is 4.90 Å². The van der Waals surface area contributed by atoms with Crippen molar-refractivity contribution in [3.63, 3.8) is 0 Å². The maximum absolute atomic E-state index is 10.7. The molecular formula is C22H31N3O2. The molecule has 2 saturated heterocycles. The van der Waals surface area contributed by atoms with Crippen molar-refractivity contribution in [2.75, 3.05) is 44.3 Å². The van der Waals surface area contributed by atoms with E-state index in [4.69, 9.17) is 9.72 Å². The summed E-state index contributed by atoms with van der Waals surface area (Å²) in [6.45, 7) is 12.3. The summed E-state index contributed by atoms with van der Waals surface area (Å²) < 4.78 is 5.54. The highest BCUT2D eigenvalue weighted by molar-refractivity contribution is 5.81. The fraction of sp³-hybridized carbons (Fsp3) is 0.591. The SMILES string of the molecule is CC1(C)CN(Cc2cc3ccccc3nc2N2CCOCC2)CC[C@@]1(C)O. The van der Waals surface area contributed by atoms with Gasteiger partial charge in [0.25, 0.3) is 0 Å². The minimum absolute atomic E-state index is 0.130. The van der Waals surface area contributed by atoms with Crippen LogP contribution < -0.4 is 4.90 Å². The first-order valence-corrected chi connectivity index (χ1v) is 10.0. The Kier molecular flexibility index (Phi) is 4.87. The lowest BCUT2D eigenvalue weighted by molar-refractivity contribution is -0.107. The maximum Gasteiger partial charge on any atom is 0.133 e. The molecule has 5 nitrogen and oxygen atoms in total. The molecule has 0 radical (unpaired) electrons. The predicted molar refractivity (Wildman–Crippen MR) is 109 cm³/mol. The maximum atomic E-state index is 10.7. The number of para-hydroxylation sites is 1. The molecule has 1 aromatic carbocycles. The van der Waals surface area contributed by atoms with Crippen molar-refractivity contribution in [1.29, 1.82) is 0 Å². The van der Waals surface area contributed by atoms with E-state index in [0.29, 0.717) is 0 Å². The molecule has 2 aliphatic rings. The number of nitrogens with zero attached hydrogens (tertiary/aromatic N) is 3. The Morgan fingerprint density at radius 3 is 2.59 bits per heavy atom. The Hall–Kier alpha value is -1.69. The van der Waals surface area contributed by atoms with Gasteiger partial charge in [-0.25, -0.2) is 4.98 Å². The van der Waals surface area contributed by atoms with Crippen LogP contribution in [-0.2, 0) is 11.3 Å². The number of benzene rings is 1. The highest BCUT2D eigenvalue weighted by atomic mass is 16.5. The van der Waals surface area contributed by atoms with Gasteiger partial charge in [-0.05, 0) is 25.5 Å². The second kappa shape index (κ2) is 7.04. The molecule has 3 heterocycles. The second-order valence-corrected chi connectivity index (χ2v) is 8.88. The molecule has 2 aromatic rings. The summed E-state index contributed by atoms with van der Waals surface area (Å²) in [7, 11) is 0. The van der Waals surface area contributed by atoms with E-state index < -0.39 is 5.60 Å². The Labute approximate surface area is 161 Å². The number of aliphatic hydroxyl groups is 1. The van der Waals surface area contributed by atoms with E-state index >= 15 is 0 Å². The van der Waals surface area contributed by atoms with Crippen molar-refractivity contribution in [3.8, 4) is 0 Å². The van der Waals surface area contributed by atoms with Gasteiger partial charge < -0.3 is 14.7 Å². The predicted octanol–water partition coefficient (Wildman–Crippen LogP) is 3.05. The second-order valence-electron chi connectivity index (χ2n) is 8.88. The van der Waals surface area contributed by atoms with E-state index in [1.165, 1.54) is 10.9 Å². The molecule has 0 unspecified atom stereocenters. The Bertz CT molecular complexity index is 812. The van der Waals surface area contributed by atoms with E-state index in [0.717, 1.165) is 63.7 Å². The van der Waals surface area contributed by atoms with Crippen molar-refractivity contribution >= 4 is 16.7 Å². The number of ether oxygens (including phenoxy) is 1. The Morgan fingerprint density at radius 1 is 1.11 bits per heavy atom. The van der Waals surface area contributed by atoms with Crippen molar-refractivity contribution < 1.29 is 9.84 Å². The van der Waals surface area contributed by atoms with Crippen molar-refractivity contribution in [2.45, 2.75) is 39.3 Å². The largest absolute Gasteiger partial charge is 0.390 e. The van der Waals surface area contributed by atoms with E-state index in [9.17, 15) is 5.11 Å². The zero-order valence-corrected chi connectivity index (χ0v) is 16.7. The van der Waals surface area contributed by atoms with Gasteiger partial charge in [0.2, 0.25) is 0 Å². The van der Waals surface area contributed by atoms with Crippen LogP contribution >= 0.6 is 0 Å². The van der Waals surface area contributed by atoms with Crippen LogP contribution in [-0.4, -0.2) is 60.0 Å². The van der Waals surface area contributed by atoms with E-state index in [2.05, 4.69) is 47.9 Å². The highest BCUT2D eigenvalue weighted by Gasteiger charge is 2.44. The first-order valence-electron chi connectivity index (χ1n) is 10.0. The van der Waals surface area contributed by atoms with Gasteiger partial charge in [0.05, 0.1) is 24.3 Å². The zero-order chi connectivity index (χ0) is 19.1. The molecule has 146 valence electrons. The Balaban J connectivity index is 1.65. The molecule has 5 heteroatoms. The summed E-state index contributed by atoms with van der Waals surface area (Å²) >= 11 is 0. The average molecular weight is 370 g/mol. The monoisotopic (exact) mass is 369 g/mol. The van der Waals surface area contributed by atoms with Gasteiger partial charge >= 0.3 is 0 Å². The summed E-state index contributed by atoms with van der Waals surface area (Å²) in [6, 6.07) is 10.6. The lowest BCUT2D eigenvalue weighted by Crippen LogP contribution is -2.55. The van der Waals surface area contributed by atoms with Crippen molar-refractivity contribution in [2.24, 2.45) is 5.41 Å². The van der Waals surface area contributed by atoms with Crippen molar-refractivity contribution in [3.05, 3.63) is 35.9 Å². The highest BCUT2D eigenvalue weighted by Crippen LogP contribution is 2.39. The third-order valence-electron chi connectivity index (χ3n) is 6.48. The minimum Gasteiger partial charge on any atom is -0.390 e. The van der Waals surface area contributed by atoms with E-state index in [1.54, 1.807) is 0 Å². The molecule has 1 N–H and O–H groups in total. The third-order valence-corrected chi connectivity index (χ3v) is 6.48. The third kappa shape index (κ3) is 3.68. The van der Waals surface area contributed by atoms with Crippen LogP contribution in [0.5, 0.6) is 0 Å². The summed E-state index contributed by atoms with van der Waals surface area (Å²) in [5, 5.41) is 11.9. The van der Waals surface area contributed by atoms with Crippen LogP contribution in [0.15, 0.2) is 30.3 Å². The van der Waals surface area contributed by atoms with Gasteiger partial charge in [-0.1, -0.05) is 32.0 Å². The lowest BCUT2D eigenvalue weighted by atomic mass is 9.71. The summed E-state index contributed by atoms with van der Waals surface area (Å²) in [4.78, 5) is 9.85. The molecule has 1 atom stereocenters. The average Bonchev–Trinajstić information content (AvgIpc) is 2.65. The number of anilines is 1. The number of likely N-dealkylation sites (tertiary alicyclic amines) is 1. The fourth-order valence-electron chi connectivity index (χ4n) is 4.21. The summed E-state index contributed by atoms with van der Waals surface area (Å²) in [5.41, 5.74) is 1.57. The molecule has 0 amide bonds. The van der Waals surface area contributed by atoms with Crippen LogP contribution in [0.25, 0.3) is 10.9 Å². The lowest BCUT2D eigenvalue weighted by Gasteiger charge is -2.48. The number of rotatable bonds is 3. The number of morpholine rings is 1. The number of hydrogen-bond acceptors (Lipinski definition) is 5. The molecule has 0 saturated carbocycles. The molecule has 0 bridgehead atoms. The number of fused-ring (bicyclic) bond motifs is 1. The topological polar surface area (TPSA) is 48.8 Å². The summed E-state index contributed by atoms with van der Waals surface area (Å²) in [5.74, 6) is 1.09. The fourth-order valence-corrected chi connectivity index (χ4v) is 4.21. The molecule has 4 rings (SSSR count). The first kappa shape index (κ1) is 18.7. The van der Waals surface area contributed by atoms with Gasteiger partial charge in [-0.15, -0.1) is 0 Å². The van der Waals surface area contributed by atoms with Crippen LogP contribution in [0.4, 0.5) is 5.82 Å². The molecule has 2 aliphatic heterocycles. The number of pyridine rings is 1. The normalized spacial score (nSPS) is 26.4. The molecule has 27 heavy (non-hydrogen) atoms. The van der Waals surface area contributed by atoms with E-state index in [-0.39, 0.29) is 5.41 Å². The van der Waals surface area contributed by atoms with E-state index in [1.807, 2.05) is 13.0 Å². The quantitative estimate of drug-likeness (QED) is 0.901. The van der Waals surface area contributed by atoms with Crippen molar-refractivity contribution in [1.82, 2.24) is 9.88 Å². The van der Waals surface area contributed by atoms with Gasteiger partial charge in [0.1, 0.15) is 5.82 Å². The van der Waals surface area contributed by atoms with Crippen LogP contribution in [0.1, 0.15) is 32.8 Å². The number of hydrogen-bond donors (Lipinski definition) is 1. The number of piperidine rings is 1. The van der Waals surface area contributed by atoms with Crippen LogP contribution in [0, 0.1) is 5.41 Å². The minimum atomic E-state index is -0.613. The molecule has 0 aliphatic carbocycles. The van der Waals surface area contributed by atoms with Crippen LogP contribution in [0.3, 0.4) is 0 Å². The first-order chi connectivity index (χ1) is 12.9. The molecule has 2 fully saturated rings. The van der Waals surface area contributed by atoms with Crippen LogP contribution in [0.2, 0.25) is 0 Å². The number of aromatic nitrogens is 1. The standard InChI is InChI=1S/C22H31N3O2/c1-21(2)16-24(9-8-22(21,3)26)15-18-14-17-6-4-5-7-19(17)23-20(18)25-10-12-27-13-11-25/h4-7,14,26H,8-13,15-16H2,1-3H3/t22-/m1/s1. The molecule has 1 aromatic heterocycles. The van der Waals surface area contributed by atoms with Gasteiger partial charge in [0.15, 0.2) is 0 Å². The molecule has 0 spiro atoms. The van der Waals surface area contributed by atoms with Gasteiger partial charge in [-0.2, -0.15) is 0 Å².